The Morgan fingerprint density at radius 3 is 2.88 bits per heavy atom. The molecule has 0 unspecified atom stereocenters. The predicted molar refractivity (Wildman–Crippen MR) is 57.6 cm³/mol. The fraction of sp³-hybridized carbons (Fsp3) is 0.455. The molecule has 4 nitrogen and oxygen atoms in total. The van der Waals surface area contributed by atoms with Crippen LogP contribution in [0, 0.1) is 5.95 Å². The summed E-state index contributed by atoms with van der Waals surface area (Å²) in [6.45, 7) is 4.73. The highest BCUT2D eigenvalue weighted by atomic mass is 19.1. The van der Waals surface area contributed by atoms with E-state index in [1.807, 2.05) is 13.8 Å². The third-order valence-corrected chi connectivity index (χ3v) is 1.83. The fourth-order valence-corrected chi connectivity index (χ4v) is 1.07. The van der Waals surface area contributed by atoms with Crippen LogP contribution >= 0.6 is 0 Å². The summed E-state index contributed by atoms with van der Waals surface area (Å²) < 4.78 is 17.7. The van der Waals surface area contributed by atoms with Crippen LogP contribution in [0.4, 0.5) is 4.39 Å². The molecule has 16 heavy (non-hydrogen) atoms. The lowest BCUT2D eigenvalue weighted by molar-refractivity contribution is 0.0746. The van der Waals surface area contributed by atoms with Gasteiger partial charge >= 0.3 is 0 Å². The molecule has 88 valence electrons. The maximum atomic E-state index is 12.5. The van der Waals surface area contributed by atoms with Crippen molar-refractivity contribution in [2.45, 2.75) is 20.0 Å². The molecule has 0 bridgehead atoms. The SMILES string of the molecule is CC(C)OCCNC(=O)c1ccc(F)nc1. The van der Waals surface area contributed by atoms with Crippen LogP contribution in [-0.2, 0) is 4.74 Å². The maximum absolute atomic E-state index is 12.5. The van der Waals surface area contributed by atoms with E-state index in [4.69, 9.17) is 4.74 Å². The number of carbonyl (C=O) groups is 1. The van der Waals surface area contributed by atoms with E-state index in [1.54, 1.807) is 0 Å². The Balaban J connectivity index is 2.32. The average molecular weight is 226 g/mol. The molecule has 1 rings (SSSR count). The molecule has 0 saturated carbocycles. The molecule has 0 atom stereocenters. The highest BCUT2D eigenvalue weighted by Crippen LogP contribution is 1.98. The van der Waals surface area contributed by atoms with Gasteiger partial charge in [0.15, 0.2) is 0 Å². The van der Waals surface area contributed by atoms with E-state index < -0.39 is 5.95 Å². The number of carbonyl (C=O) groups excluding carboxylic acids is 1. The van der Waals surface area contributed by atoms with E-state index >= 15 is 0 Å². The molecule has 1 aromatic rings. The minimum Gasteiger partial charge on any atom is -0.377 e. The number of pyridine rings is 1. The first-order valence-corrected chi connectivity index (χ1v) is 5.11. The molecular weight excluding hydrogens is 211 g/mol. The summed E-state index contributed by atoms with van der Waals surface area (Å²) in [6.07, 6.45) is 1.35. The topological polar surface area (TPSA) is 51.2 Å². The van der Waals surface area contributed by atoms with Gasteiger partial charge in [-0.05, 0) is 26.0 Å². The van der Waals surface area contributed by atoms with Gasteiger partial charge in [0, 0.05) is 12.7 Å². The van der Waals surface area contributed by atoms with Crippen molar-refractivity contribution >= 4 is 5.91 Å². The van der Waals surface area contributed by atoms with Crippen LogP contribution in [0.1, 0.15) is 24.2 Å². The second-order valence-electron chi connectivity index (χ2n) is 3.55. The van der Waals surface area contributed by atoms with Gasteiger partial charge in [0.05, 0.1) is 18.3 Å². The summed E-state index contributed by atoms with van der Waals surface area (Å²) in [5.74, 6) is -0.875. The van der Waals surface area contributed by atoms with Crippen molar-refractivity contribution < 1.29 is 13.9 Å². The average Bonchev–Trinajstić information content (AvgIpc) is 2.25. The summed E-state index contributed by atoms with van der Waals surface area (Å²) in [5, 5.41) is 2.65. The Morgan fingerprint density at radius 1 is 1.56 bits per heavy atom. The monoisotopic (exact) mass is 226 g/mol. The first-order chi connectivity index (χ1) is 7.59. The van der Waals surface area contributed by atoms with Crippen molar-refractivity contribution in [3.63, 3.8) is 0 Å². The van der Waals surface area contributed by atoms with Crippen LogP contribution in [0.5, 0.6) is 0 Å². The van der Waals surface area contributed by atoms with Crippen LogP contribution in [-0.4, -0.2) is 30.1 Å². The third kappa shape index (κ3) is 4.35. The zero-order valence-electron chi connectivity index (χ0n) is 9.37. The molecule has 0 spiro atoms. The standard InChI is InChI=1S/C11H15FN2O2/c1-8(2)16-6-5-13-11(15)9-3-4-10(12)14-7-9/h3-4,7-8H,5-6H2,1-2H3,(H,13,15). The van der Waals surface area contributed by atoms with E-state index in [0.717, 1.165) is 6.07 Å². The van der Waals surface area contributed by atoms with E-state index in [1.165, 1.54) is 12.3 Å². The Hall–Kier alpha value is -1.49. The number of hydrogen-bond acceptors (Lipinski definition) is 3. The number of nitrogens with one attached hydrogen (secondary N) is 1. The zero-order valence-corrected chi connectivity index (χ0v) is 9.37. The number of nitrogens with zero attached hydrogens (tertiary/aromatic N) is 1. The molecular formula is C11H15FN2O2. The van der Waals surface area contributed by atoms with Crippen LogP contribution in [0.15, 0.2) is 18.3 Å². The zero-order chi connectivity index (χ0) is 12.0. The minimum atomic E-state index is -0.598. The van der Waals surface area contributed by atoms with Crippen molar-refractivity contribution in [2.75, 3.05) is 13.2 Å². The lowest BCUT2D eigenvalue weighted by atomic mass is 10.3. The molecule has 1 aromatic heterocycles. The van der Waals surface area contributed by atoms with Crippen molar-refractivity contribution in [3.8, 4) is 0 Å². The second-order valence-corrected chi connectivity index (χ2v) is 3.55. The van der Waals surface area contributed by atoms with E-state index in [0.29, 0.717) is 18.7 Å². The van der Waals surface area contributed by atoms with E-state index in [2.05, 4.69) is 10.3 Å². The Morgan fingerprint density at radius 2 is 2.31 bits per heavy atom. The number of amides is 1. The Labute approximate surface area is 93.8 Å². The van der Waals surface area contributed by atoms with Gasteiger partial charge in [-0.25, -0.2) is 4.98 Å². The van der Waals surface area contributed by atoms with Crippen molar-refractivity contribution in [1.29, 1.82) is 0 Å². The number of ether oxygens (including phenoxy) is 1. The van der Waals surface area contributed by atoms with Crippen molar-refractivity contribution in [3.05, 3.63) is 29.8 Å². The quantitative estimate of drug-likeness (QED) is 0.609. The van der Waals surface area contributed by atoms with Crippen LogP contribution < -0.4 is 5.32 Å². The summed E-state index contributed by atoms with van der Waals surface area (Å²) in [5.41, 5.74) is 0.339. The fourth-order valence-electron chi connectivity index (χ4n) is 1.07. The molecule has 0 aromatic carbocycles. The number of halogens is 1. The first kappa shape index (κ1) is 12.6. The van der Waals surface area contributed by atoms with Gasteiger partial charge in [0.2, 0.25) is 5.95 Å². The van der Waals surface area contributed by atoms with Crippen molar-refractivity contribution in [1.82, 2.24) is 10.3 Å². The summed E-state index contributed by atoms with van der Waals surface area (Å²) >= 11 is 0. The lowest BCUT2D eigenvalue weighted by Crippen LogP contribution is -2.28. The number of rotatable bonds is 5. The molecule has 1 amide bonds. The molecule has 0 saturated heterocycles. The molecule has 0 aliphatic carbocycles. The van der Waals surface area contributed by atoms with Gasteiger partial charge in [0.25, 0.3) is 5.91 Å². The van der Waals surface area contributed by atoms with Gasteiger partial charge in [-0.3, -0.25) is 4.79 Å². The van der Waals surface area contributed by atoms with Crippen molar-refractivity contribution in [2.24, 2.45) is 0 Å². The van der Waals surface area contributed by atoms with E-state index in [9.17, 15) is 9.18 Å². The Kier molecular flexibility index (Phi) is 4.85. The maximum Gasteiger partial charge on any atom is 0.252 e. The third-order valence-electron chi connectivity index (χ3n) is 1.83. The summed E-state index contributed by atoms with van der Waals surface area (Å²) in [4.78, 5) is 14.9. The van der Waals surface area contributed by atoms with E-state index in [-0.39, 0.29) is 12.0 Å². The molecule has 0 radical (unpaired) electrons. The highest BCUT2D eigenvalue weighted by Gasteiger charge is 2.05. The molecule has 1 N–H and O–H groups in total. The minimum absolute atomic E-state index is 0.143. The normalized spacial score (nSPS) is 10.5. The summed E-state index contributed by atoms with van der Waals surface area (Å²) in [7, 11) is 0. The van der Waals surface area contributed by atoms with Crippen LogP contribution in [0.2, 0.25) is 0 Å². The number of hydrogen-bond donors (Lipinski definition) is 1. The summed E-state index contributed by atoms with van der Waals surface area (Å²) in [6, 6.07) is 2.54. The smallest absolute Gasteiger partial charge is 0.252 e. The molecule has 0 aliphatic heterocycles. The largest absolute Gasteiger partial charge is 0.377 e. The van der Waals surface area contributed by atoms with Gasteiger partial charge in [-0.15, -0.1) is 0 Å². The van der Waals surface area contributed by atoms with Crippen LogP contribution in [0.3, 0.4) is 0 Å². The lowest BCUT2D eigenvalue weighted by Gasteiger charge is -2.08. The van der Waals surface area contributed by atoms with Gasteiger partial charge < -0.3 is 10.1 Å². The second kappa shape index (κ2) is 6.17. The van der Waals surface area contributed by atoms with Crippen LogP contribution in [0.25, 0.3) is 0 Å². The highest BCUT2D eigenvalue weighted by molar-refractivity contribution is 5.93. The van der Waals surface area contributed by atoms with Gasteiger partial charge in [-0.1, -0.05) is 0 Å². The molecule has 5 heteroatoms. The Bertz CT molecular complexity index is 338. The first-order valence-electron chi connectivity index (χ1n) is 5.11. The molecule has 0 fully saturated rings. The predicted octanol–water partition coefficient (Wildman–Crippen LogP) is 1.38. The molecule has 1 heterocycles. The van der Waals surface area contributed by atoms with Gasteiger partial charge in [0.1, 0.15) is 0 Å². The number of aromatic nitrogens is 1. The molecule has 0 aliphatic rings. The van der Waals surface area contributed by atoms with Gasteiger partial charge in [-0.2, -0.15) is 4.39 Å².